The molecule has 0 aliphatic carbocycles. The number of hydrogen-bond donors (Lipinski definition) is 1. The van der Waals surface area contributed by atoms with Crippen LogP contribution in [-0.4, -0.2) is 55.1 Å². The average Bonchev–Trinajstić information content (AvgIpc) is 2.21. The maximum atomic E-state index is 5.89. The largest absolute Gasteiger partial charge is 0.329 e. The molecule has 90 valence electrons. The van der Waals surface area contributed by atoms with Gasteiger partial charge in [-0.05, 0) is 20.4 Å². The minimum Gasteiger partial charge on any atom is -0.329 e. The molecule has 0 aromatic carbocycles. The first-order valence-electron chi connectivity index (χ1n) is 6.33. The van der Waals surface area contributed by atoms with Gasteiger partial charge in [0.1, 0.15) is 0 Å². The van der Waals surface area contributed by atoms with E-state index in [0.29, 0.717) is 12.1 Å². The summed E-state index contributed by atoms with van der Waals surface area (Å²) in [4.78, 5) is 5.02. The third kappa shape index (κ3) is 3.74. The molecule has 2 atom stereocenters. The van der Waals surface area contributed by atoms with Gasteiger partial charge in [-0.25, -0.2) is 0 Å². The molecule has 0 amide bonds. The molecule has 1 saturated heterocycles. The van der Waals surface area contributed by atoms with Crippen LogP contribution in [0.2, 0.25) is 0 Å². The van der Waals surface area contributed by atoms with Crippen molar-refractivity contribution in [2.24, 2.45) is 5.73 Å². The summed E-state index contributed by atoms with van der Waals surface area (Å²) in [7, 11) is 2.21. The Morgan fingerprint density at radius 1 is 1.40 bits per heavy atom. The van der Waals surface area contributed by atoms with Crippen LogP contribution in [0.25, 0.3) is 0 Å². The van der Waals surface area contributed by atoms with Crippen LogP contribution in [0, 0.1) is 0 Å². The zero-order chi connectivity index (χ0) is 11.3. The molecular formula is C12H27N3. The second-order valence-corrected chi connectivity index (χ2v) is 4.88. The summed E-state index contributed by atoms with van der Waals surface area (Å²) in [5.41, 5.74) is 5.89. The summed E-state index contributed by atoms with van der Waals surface area (Å²) in [5, 5.41) is 0. The highest BCUT2D eigenvalue weighted by Crippen LogP contribution is 2.15. The Labute approximate surface area is 94.6 Å². The normalized spacial score (nSPS) is 26.8. The van der Waals surface area contributed by atoms with Crippen molar-refractivity contribution < 1.29 is 0 Å². The van der Waals surface area contributed by atoms with Gasteiger partial charge in [0.2, 0.25) is 0 Å². The Kier molecular flexibility index (Phi) is 5.58. The molecule has 1 heterocycles. The third-order valence-corrected chi connectivity index (χ3v) is 3.51. The number of hydrogen-bond acceptors (Lipinski definition) is 3. The van der Waals surface area contributed by atoms with Gasteiger partial charge in [-0.1, -0.05) is 19.8 Å². The SMILES string of the molecule is CCCCC(CN)N1CCN(C)CC1C. The Morgan fingerprint density at radius 3 is 2.67 bits per heavy atom. The molecule has 3 nitrogen and oxygen atoms in total. The fourth-order valence-electron chi connectivity index (χ4n) is 2.56. The summed E-state index contributed by atoms with van der Waals surface area (Å²) in [6.07, 6.45) is 3.85. The lowest BCUT2D eigenvalue weighted by atomic mass is 10.0. The molecule has 0 radical (unpaired) electrons. The van der Waals surface area contributed by atoms with Crippen LogP contribution in [0.3, 0.4) is 0 Å². The third-order valence-electron chi connectivity index (χ3n) is 3.51. The van der Waals surface area contributed by atoms with Gasteiger partial charge < -0.3 is 10.6 Å². The summed E-state index contributed by atoms with van der Waals surface area (Å²) < 4.78 is 0. The minimum atomic E-state index is 0.605. The molecule has 2 N–H and O–H groups in total. The van der Waals surface area contributed by atoms with E-state index >= 15 is 0 Å². The molecule has 2 unspecified atom stereocenters. The Bertz CT molecular complexity index is 172. The highest BCUT2D eigenvalue weighted by Gasteiger charge is 2.26. The quantitative estimate of drug-likeness (QED) is 0.743. The summed E-state index contributed by atoms with van der Waals surface area (Å²) in [5.74, 6) is 0. The second-order valence-electron chi connectivity index (χ2n) is 4.88. The number of likely N-dealkylation sites (N-methyl/N-ethyl adjacent to an activating group) is 1. The standard InChI is InChI=1S/C12H27N3/c1-4-5-6-12(9-13)15-8-7-14(3)10-11(15)2/h11-12H,4-10,13H2,1-3H3. The fourth-order valence-corrected chi connectivity index (χ4v) is 2.56. The first kappa shape index (κ1) is 12.9. The van der Waals surface area contributed by atoms with E-state index in [1.807, 2.05) is 0 Å². The van der Waals surface area contributed by atoms with Crippen molar-refractivity contribution in [1.29, 1.82) is 0 Å². The average molecular weight is 213 g/mol. The van der Waals surface area contributed by atoms with Crippen molar-refractivity contribution in [3.8, 4) is 0 Å². The molecule has 15 heavy (non-hydrogen) atoms. The van der Waals surface area contributed by atoms with Gasteiger partial charge in [-0.2, -0.15) is 0 Å². The molecule has 1 rings (SSSR count). The first-order chi connectivity index (χ1) is 7.19. The number of nitrogens with two attached hydrogens (primary N) is 1. The molecule has 1 aliphatic rings. The van der Waals surface area contributed by atoms with E-state index in [1.165, 1.54) is 38.9 Å². The number of nitrogens with zero attached hydrogens (tertiary/aromatic N) is 2. The van der Waals surface area contributed by atoms with Crippen LogP contribution in [0.1, 0.15) is 33.1 Å². The van der Waals surface area contributed by atoms with E-state index in [-0.39, 0.29) is 0 Å². The highest BCUT2D eigenvalue weighted by atomic mass is 15.3. The molecule has 0 aromatic heterocycles. The van der Waals surface area contributed by atoms with Crippen LogP contribution < -0.4 is 5.73 Å². The molecule has 0 bridgehead atoms. The Morgan fingerprint density at radius 2 is 2.13 bits per heavy atom. The Hall–Kier alpha value is -0.120. The Balaban J connectivity index is 2.44. The van der Waals surface area contributed by atoms with Gasteiger partial charge in [0.25, 0.3) is 0 Å². The van der Waals surface area contributed by atoms with Crippen molar-refractivity contribution in [2.45, 2.75) is 45.2 Å². The van der Waals surface area contributed by atoms with Crippen LogP contribution in [-0.2, 0) is 0 Å². The van der Waals surface area contributed by atoms with E-state index in [0.717, 1.165) is 6.54 Å². The van der Waals surface area contributed by atoms with Gasteiger partial charge in [-0.3, -0.25) is 4.90 Å². The lowest BCUT2D eigenvalue weighted by Gasteiger charge is -2.42. The first-order valence-corrected chi connectivity index (χ1v) is 6.33. The van der Waals surface area contributed by atoms with E-state index < -0.39 is 0 Å². The van der Waals surface area contributed by atoms with Gasteiger partial charge in [0, 0.05) is 38.3 Å². The highest BCUT2D eigenvalue weighted by molar-refractivity contribution is 4.83. The number of unbranched alkanes of at least 4 members (excludes halogenated alkanes) is 1. The second kappa shape index (κ2) is 6.46. The van der Waals surface area contributed by atoms with Crippen molar-refractivity contribution in [1.82, 2.24) is 9.80 Å². The number of piperazine rings is 1. The van der Waals surface area contributed by atoms with Gasteiger partial charge in [0.05, 0.1) is 0 Å². The summed E-state index contributed by atoms with van der Waals surface area (Å²) in [6.45, 7) is 8.94. The smallest absolute Gasteiger partial charge is 0.0222 e. The van der Waals surface area contributed by atoms with Crippen molar-refractivity contribution in [2.75, 3.05) is 33.2 Å². The number of rotatable bonds is 5. The van der Waals surface area contributed by atoms with Crippen molar-refractivity contribution in [3.63, 3.8) is 0 Å². The molecule has 1 aliphatic heterocycles. The predicted octanol–water partition coefficient (Wildman–Crippen LogP) is 1.14. The monoisotopic (exact) mass is 213 g/mol. The summed E-state index contributed by atoms with van der Waals surface area (Å²) >= 11 is 0. The van der Waals surface area contributed by atoms with Gasteiger partial charge >= 0.3 is 0 Å². The van der Waals surface area contributed by atoms with Crippen molar-refractivity contribution >= 4 is 0 Å². The molecule has 0 aromatic rings. The maximum absolute atomic E-state index is 5.89. The van der Waals surface area contributed by atoms with Gasteiger partial charge in [0.15, 0.2) is 0 Å². The van der Waals surface area contributed by atoms with E-state index in [2.05, 4.69) is 30.7 Å². The van der Waals surface area contributed by atoms with Crippen LogP contribution in [0.4, 0.5) is 0 Å². The fraction of sp³-hybridized carbons (Fsp3) is 1.00. The topological polar surface area (TPSA) is 32.5 Å². The minimum absolute atomic E-state index is 0.605. The summed E-state index contributed by atoms with van der Waals surface area (Å²) in [6, 6.07) is 1.27. The van der Waals surface area contributed by atoms with Crippen LogP contribution in [0.5, 0.6) is 0 Å². The lowest BCUT2D eigenvalue weighted by molar-refractivity contribution is 0.0597. The van der Waals surface area contributed by atoms with E-state index in [4.69, 9.17) is 5.73 Å². The molecule has 1 fully saturated rings. The predicted molar refractivity (Wildman–Crippen MR) is 66.0 cm³/mol. The van der Waals surface area contributed by atoms with Gasteiger partial charge in [-0.15, -0.1) is 0 Å². The lowest BCUT2D eigenvalue weighted by Crippen LogP contribution is -2.56. The zero-order valence-electron chi connectivity index (χ0n) is 10.6. The zero-order valence-corrected chi connectivity index (χ0v) is 10.6. The van der Waals surface area contributed by atoms with Crippen molar-refractivity contribution in [3.05, 3.63) is 0 Å². The van der Waals surface area contributed by atoms with Crippen LogP contribution in [0.15, 0.2) is 0 Å². The maximum Gasteiger partial charge on any atom is 0.0222 e. The molecular weight excluding hydrogens is 186 g/mol. The van der Waals surface area contributed by atoms with E-state index in [1.54, 1.807) is 0 Å². The molecule has 0 saturated carbocycles. The van der Waals surface area contributed by atoms with E-state index in [9.17, 15) is 0 Å². The molecule has 3 heteroatoms. The molecule has 0 spiro atoms. The van der Waals surface area contributed by atoms with Crippen LogP contribution >= 0.6 is 0 Å².